The molecule has 20 heavy (non-hydrogen) atoms. The summed E-state index contributed by atoms with van der Waals surface area (Å²) in [6.45, 7) is 5.31. The highest BCUT2D eigenvalue weighted by Crippen LogP contribution is 2.32. The quantitative estimate of drug-likeness (QED) is 0.663. The Bertz CT molecular complexity index is 635. The molecule has 0 amide bonds. The highest BCUT2D eigenvalue weighted by Gasteiger charge is 2.33. The molecule has 1 fully saturated rings. The first-order chi connectivity index (χ1) is 9.21. The maximum absolute atomic E-state index is 11.5. The molecule has 2 rings (SSSR count). The van der Waals surface area contributed by atoms with Gasteiger partial charge >= 0.3 is 5.69 Å². The van der Waals surface area contributed by atoms with Crippen LogP contribution in [0.3, 0.4) is 0 Å². The van der Waals surface area contributed by atoms with Crippen LogP contribution in [-0.2, 0) is 9.84 Å². The highest BCUT2D eigenvalue weighted by molar-refractivity contribution is 7.91. The van der Waals surface area contributed by atoms with Crippen molar-refractivity contribution in [2.45, 2.75) is 39.3 Å². The molecular formula is C11H18N4O4S. The van der Waals surface area contributed by atoms with Crippen LogP contribution in [0.5, 0.6) is 0 Å². The average molecular weight is 302 g/mol. The topological polar surface area (TPSA) is 107 Å². The molecule has 1 aromatic rings. The van der Waals surface area contributed by atoms with Gasteiger partial charge in [-0.1, -0.05) is 0 Å². The Morgan fingerprint density at radius 2 is 2.15 bits per heavy atom. The summed E-state index contributed by atoms with van der Waals surface area (Å²) in [5.74, 6) is 0.421. The van der Waals surface area contributed by atoms with Gasteiger partial charge in [-0.25, -0.2) is 13.1 Å². The zero-order valence-electron chi connectivity index (χ0n) is 11.7. The summed E-state index contributed by atoms with van der Waals surface area (Å²) < 4.78 is 24.5. The van der Waals surface area contributed by atoms with Crippen LogP contribution in [0.4, 0.5) is 11.5 Å². The van der Waals surface area contributed by atoms with E-state index >= 15 is 0 Å². The van der Waals surface area contributed by atoms with Gasteiger partial charge in [-0.3, -0.25) is 10.1 Å². The average Bonchev–Trinajstić information content (AvgIpc) is 2.79. The van der Waals surface area contributed by atoms with E-state index in [1.807, 2.05) is 13.8 Å². The Kier molecular flexibility index (Phi) is 3.72. The largest absolute Gasteiger partial charge is 0.361 e. The van der Waals surface area contributed by atoms with Crippen LogP contribution in [0, 0.1) is 17.0 Å². The molecule has 1 aliphatic rings. The van der Waals surface area contributed by atoms with E-state index in [2.05, 4.69) is 10.4 Å². The predicted octanol–water partition coefficient (Wildman–Crippen LogP) is 1.28. The zero-order chi connectivity index (χ0) is 15.1. The standard InChI is InChI=1S/C11H18N4O4S/c1-7(2)14-11(10(15(16)17)8(3)13-14)12-9-4-5-20(18,19)6-9/h7,9,12H,4-6H2,1-3H3. The second kappa shape index (κ2) is 5.04. The molecule has 0 saturated carbocycles. The molecule has 1 aromatic heterocycles. The number of nitrogens with zero attached hydrogens (tertiary/aromatic N) is 3. The Labute approximate surface area is 117 Å². The van der Waals surface area contributed by atoms with Crippen LogP contribution < -0.4 is 5.32 Å². The SMILES string of the molecule is Cc1nn(C(C)C)c(NC2CCS(=O)(=O)C2)c1[N+](=O)[O-]. The Morgan fingerprint density at radius 1 is 1.50 bits per heavy atom. The lowest BCUT2D eigenvalue weighted by atomic mass is 10.2. The predicted molar refractivity (Wildman–Crippen MR) is 74.7 cm³/mol. The Balaban J connectivity index is 2.37. The third-order valence-corrected chi connectivity index (χ3v) is 5.07. The van der Waals surface area contributed by atoms with Gasteiger partial charge in [-0.05, 0) is 27.2 Å². The maximum Gasteiger partial charge on any atom is 0.333 e. The van der Waals surface area contributed by atoms with E-state index in [1.54, 1.807) is 11.6 Å². The lowest BCUT2D eigenvalue weighted by Crippen LogP contribution is -2.23. The molecule has 0 aromatic carbocycles. The van der Waals surface area contributed by atoms with Crippen LogP contribution in [0.25, 0.3) is 0 Å². The third kappa shape index (κ3) is 2.77. The number of hydrogen-bond acceptors (Lipinski definition) is 6. The van der Waals surface area contributed by atoms with Crippen molar-refractivity contribution in [3.8, 4) is 0 Å². The number of anilines is 1. The fraction of sp³-hybridized carbons (Fsp3) is 0.727. The van der Waals surface area contributed by atoms with Crippen LogP contribution >= 0.6 is 0 Å². The van der Waals surface area contributed by atoms with Crippen molar-refractivity contribution in [1.29, 1.82) is 0 Å². The molecule has 1 saturated heterocycles. The van der Waals surface area contributed by atoms with Crippen LogP contribution in [0.1, 0.15) is 32.0 Å². The molecule has 0 bridgehead atoms. The number of aryl methyl sites for hydroxylation is 1. The molecule has 0 spiro atoms. The van der Waals surface area contributed by atoms with Gasteiger partial charge in [0.1, 0.15) is 5.69 Å². The van der Waals surface area contributed by atoms with Crippen molar-refractivity contribution in [1.82, 2.24) is 9.78 Å². The van der Waals surface area contributed by atoms with Crippen molar-refractivity contribution in [3.05, 3.63) is 15.8 Å². The number of nitro groups is 1. The second-order valence-corrected chi connectivity index (χ2v) is 7.55. The van der Waals surface area contributed by atoms with Crippen molar-refractivity contribution < 1.29 is 13.3 Å². The van der Waals surface area contributed by atoms with E-state index in [9.17, 15) is 18.5 Å². The van der Waals surface area contributed by atoms with Gasteiger partial charge in [0.25, 0.3) is 0 Å². The number of hydrogen-bond donors (Lipinski definition) is 1. The molecule has 0 aliphatic carbocycles. The third-order valence-electron chi connectivity index (χ3n) is 3.30. The minimum Gasteiger partial charge on any atom is -0.361 e. The number of nitrogens with one attached hydrogen (secondary N) is 1. The lowest BCUT2D eigenvalue weighted by molar-refractivity contribution is -0.384. The first kappa shape index (κ1) is 14.8. The molecular weight excluding hydrogens is 284 g/mol. The van der Waals surface area contributed by atoms with Crippen molar-refractivity contribution in [2.75, 3.05) is 16.8 Å². The summed E-state index contributed by atoms with van der Waals surface area (Å²) in [7, 11) is -3.04. The van der Waals surface area contributed by atoms with E-state index in [0.29, 0.717) is 17.9 Å². The first-order valence-electron chi connectivity index (χ1n) is 6.41. The molecule has 8 nitrogen and oxygen atoms in total. The Morgan fingerprint density at radius 3 is 2.60 bits per heavy atom. The van der Waals surface area contributed by atoms with Gasteiger partial charge in [0.05, 0.1) is 16.4 Å². The first-order valence-corrected chi connectivity index (χ1v) is 8.24. The monoisotopic (exact) mass is 302 g/mol. The summed E-state index contributed by atoms with van der Waals surface area (Å²) >= 11 is 0. The summed E-state index contributed by atoms with van der Waals surface area (Å²) in [6.07, 6.45) is 0.460. The number of rotatable bonds is 4. The fourth-order valence-corrected chi connectivity index (χ4v) is 4.04. The summed E-state index contributed by atoms with van der Waals surface area (Å²) in [5, 5.41) is 18.3. The van der Waals surface area contributed by atoms with Gasteiger partial charge in [-0.15, -0.1) is 0 Å². The molecule has 2 heterocycles. The summed E-state index contributed by atoms with van der Waals surface area (Å²) in [6, 6.07) is -0.352. The fourth-order valence-electron chi connectivity index (χ4n) is 2.37. The van der Waals surface area contributed by atoms with Crippen LogP contribution in [0.2, 0.25) is 0 Å². The highest BCUT2D eigenvalue weighted by atomic mass is 32.2. The molecule has 0 radical (unpaired) electrons. The van der Waals surface area contributed by atoms with Gasteiger partial charge < -0.3 is 5.32 Å². The van der Waals surface area contributed by atoms with Crippen LogP contribution in [-0.4, -0.2) is 40.7 Å². The van der Waals surface area contributed by atoms with E-state index in [0.717, 1.165) is 0 Å². The number of sulfone groups is 1. The Hall–Kier alpha value is -1.64. The second-order valence-electron chi connectivity index (χ2n) is 5.32. The van der Waals surface area contributed by atoms with Gasteiger partial charge in [0, 0.05) is 12.1 Å². The molecule has 9 heteroatoms. The molecule has 1 aliphatic heterocycles. The summed E-state index contributed by atoms with van der Waals surface area (Å²) in [4.78, 5) is 10.7. The maximum atomic E-state index is 11.5. The zero-order valence-corrected chi connectivity index (χ0v) is 12.5. The normalized spacial score (nSPS) is 21.3. The van der Waals surface area contributed by atoms with E-state index in [4.69, 9.17) is 0 Å². The molecule has 112 valence electrons. The van der Waals surface area contributed by atoms with Crippen molar-refractivity contribution in [2.24, 2.45) is 0 Å². The minimum atomic E-state index is -3.04. The summed E-state index contributed by atoms with van der Waals surface area (Å²) in [5.41, 5.74) is 0.245. The van der Waals surface area contributed by atoms with Gasteiger partial charge in [0.15, 0.2) is 9.84 Å². The number of aromatic nitrogens is 2. The molecule has 1 N–H and O–H groups in total. The van der Waals surface area contributed by atoms with Crippen molar-refractivity contribution in [3.63, 3.8) is 0 Å². The van der Waals surface area contributed by atoms with E-state index < -0.39 is 14.8 Å². The van der Waals surface area contributed by atoms with Crippen molar-refractivity contribution >= 4 is 21.3 Å². The molecule has 1 atom stereocenters. The van der Waals surface area contributed by atoms with Gasteiger partial charge in [-0.2, -0.15) is 5.10 Å². The lowest BCUT2D eigenvalue weighted by Gasteiger charge is -2.15. The van der Waals surface area contributed by atoms with Crippen LogP contribution in [0.15, 0.2) is 0 Å². The van der Waals surface area contributed by atoms with Gasteiger partial charge in [0.2, 0.25) is 5.82 Å². The van der Waals surface area contributed by atoms with E-state index in [1.165, 1.54) is 0 Å². The smallest absolute Gasteiger partial charge is 0.333 e. The van der Waals surface area contributed by atoms with E-state index in [-0.39, 0.29) is 29.3 Å². The molecule has 1 unspecified atom stereocenters. The minimum absolute atomic E-state index is 0.00643.